The third-order valence-corrected chi connectivity index (χ3v) is 15.9. The van der Waals surface area contributed by atoms with Crippen molar-refractivity contribution in [2.45, 2.75) is 110 Å². The van der Waals surface area contributed by atoms with Crippen LogP contribution in [0.3, 0.4) is 0 Å². The normalized spacial score (nSPS) is 30.3. The summed E-state index contributed by atoms with van der Waals surface area (Å²) < 4.78 is 13.2. The highest BCUT2D eigenvalue weighted by molar-refractivity contribution is 6.99. The van der Waals surface area contributed by atoms with Gasteiger partial charge in [-0.25, -0.2) is 0 Å². The molecule has 1 aliphatic heterocycles. The second-order valence-corrected chi connectivity index (χ2v) is 19.0. The van der Waals surface area contributed by atoms with Gasteiger partial charge in [-0.1, -0.05) is 115 Å². The molecule has 222 valence electrons. The van der Waals surface area contributed by atoms with Crippen LogP contribution in [-0.2, 0) is 14.0 Å². The van der Waals surface area contributed by atoms with Crippen LogP contribution < -0.4 is 10.4 Å². The van der Waals surface area contributed by atoms with Crippen LogP contribution in [0, 0.1) is 16.7 Å². The van der Waals surface area contributed by atoms with Gasteiger partial charge in [-0.3, -0.25) is 4.79 Å². The zero-order valence-electron chi connectivity index (χ0n) is 26.3. The van der Waals surface area contributed by atoms with E-state index in [0.29, 0.717) is 18.9 Å². The van der Waals surface area contributed by atoms with Gasteiger partial charge in [0.2, 0.25) is 0 Å². The maximum Gasteiger partial charge on any atom is 0.309 e. The Morgan fingerprint density at radius 3 is 2.10 bits per heavy atom. The number of hydrogen-bond acceptors (Lipinski definition) is 4. The number of allylic oxidation sites excluding steroid dienone is 1. The summed E-state index contributed by atoms with van der Waals surface area (Å²) >= 11 is 0. The average molecular weight is 575 g/mol. The fourth-order valence-corrected chi connectivity index (χ4v) is 13.2. The van der Waals surface area contributed by atoms with Crippen molar-refractivity contribution < 1.29 is 19.1 Å². The molecule has 0 spiro atoms. The van der Waals surface area contributed by atoms with Gasteiger partial charge in [0.1, 0.15) is 11.7 Å². The van der Waals surface area contributed by atoms with Crippen LogP contribution >= 0.6 is 0 Å². The molecule has 4 atom stereocenters. The van der Waals surface area contributed by atoms with Gasteiger partial charge in [-0.05, 0) is 70.8 Å². The summed E-state index contributed by atoms with van der Waals surface area (Å²) in [5, 5.41) is 15.0. The lowest BCUT2D eigenvalue weighted by molar-refractivity contribution is -0.214. The van der Waals surface area contributed by atoms with Gasteiger partial charge in [0, 0.05) is 12.0 Å². The summed E-state index contributed by atoms with van der Waals surface area (Å²) in [5.74, 6) is 0.101. The molecule has 4 nitrogen and oxygen atoms in total. The Kier molecular flexibility index (Phi) is 7.97. The summed E-state index contributed by atoms with van der Waals surface area (Å²) in [6, 6.07) is 21.4. The van der Waals surface area contributed by atoms with E-state index in [1.165, 1.54) is 21.5 Å². The lowest BCUT2D eigenvalue weighted by atomic mass is 9.50. The molecule has 0 amide bonds. The monoisotopic (exact) mass is 574 g/mol. The molecule has 1 N–H and O–H groups in total. The molecule has 0 bridgehead atoms. The first-order valence-corrected chi connectivity index (χ1v) is 17.6. The van der Waals surface area contributed by atoms with Crippen molar-refractivity contribution in [3.8, 4) is 0 Å². The van der Waals surface area contributed by atoms with Crippen LogP contribution in [0.1, 0.15) is 93.4 Å². The summed E-state index contributed by atoms with van der Waals surface area (Å²) in [4.78, 5) is 13.1. The van der Waals surface area contributed by atoms with E-state index in [1.807, 2.05) is 0 Å². The number of esters is 1. The largest absolute Gasteiger partial charge is 0.462 e. The molecule has 1 saturated carbocycles. The summed E-state index contributed by atoms with van der Waals surface area (Å²) in [6.07, 6.45) is 5.17. The minimum atomic E-state index is -2.63. The Labute approximate surface area is 248 Å². The lowest BCUT2D eigenvalue weighted by Gasteiger charge is -2.59. The van der Waals surface area contributed by atoms with E-state index < -0.39 is 19.3 Å². The molecule has 5 heteroatoms. The first-order valence-electron chi connectivity index (χ1n) is 15.7. The average Bonchev–Trinajstić information content (AvgIpc) is 3.29. The Morgan fingerprint density at radius 1 is 0.976 bits per heavy atom. The predicted molar refractivity (Wildman–Crippen MR) is 169 cm³/mol. The number of aliphatic hydroxyl groups is 1. The number of carbonyl (C=O) groups excluding carboxylic acids is 1. The Balaban J connectivity index is 1.41. The van der Waals surface area contributed by atoms with Crippen LogP contribution in [0.4, 0.5) is 0 Å². The van der Waals surface area contributed by atoms with E-state index in [0.717, 1.165) is 32.1 Å². The molecule has 2 aromatic carbocycles. The molecule has 2 aromatic rings. The zero-order chi connectivity index (χ0) is 29.7. The Morgan fingerprint density at radius 2 is 1.56 bits per heavy atom. The molecular formula is C36H50O4Si. The number of cyclic esters (lactones) is 1. The van der Waals surface area contributed by atoms with Crippen LogP contribution in [0.5, 0.6) is 0 Å². The second kappa shape index (κ2) is 10.8. The standard InChI is InChI=1S/C36H50O4Si/c1-26(2)29-20-21-34(6)22-23-35(7)30(40-31(37)25-36(35,38)32(29)34)19-14-24-39-41(33(3,4)5,27-15-10-8-11-16-27)28-17-12-9-13-18-28/h8-13,15-18,26,30,38H,14,19-25H2,1-7H3/t30-,34-,35+,36-/m1/s1. The highest BCUT2D eigenvalue weighted by Crippen LogP contribution is 2.65. The molecule has 0 aromatic heterocycles. The first kappa shape index (κ1) is 30.3. The maximum absolute atomic E-state index is 13.1. The van der Waals surface area contributed by atoms with E-state index in [1.54, 1.807) is 0 Å². The van der Waals surface area contributed by atoms with Crippen LogP contribution in [-0.4, -0.2) is 37.7 Å². The van der Waals surface area contributed by atoms with Crippen molar-refractivity contribution in [1.29, 1.82) is 0 Å². The quantitative estimate of drug-likeness (QED) is 0.161. The number of rotatable bonds is 8. The van der Waals surface area contributed by atoms with Crippen LogP contribution in [0.2, 0.25) is 5.04 Å². The van der Waals surface area contributed by atoms with Gasteiger partial charge < -0.3 is 14.3 Å². The number of benzene rings is 2. The van der Waals surface area contributed by atoms with E-state index in [-0.39, 0.29) is 28.9 Å². The van der Waals surface area contributed by atoms with Gasteiger partial charge in [0.25, 0.3) is 8.32 Å². The van der Waals surface area contributed by atoms with Crippen molar-refractivity contribution in [3.63, 3.8) is 0 Å². The molecule has 1 saturated heterocycles. The highest BCUT2D eigenvalue weighted by Gasteiger charge is 2.66. The molecule has 2 aliphatic carbocycles. The van der Waals surface area contributed by atoms with Gasteiger partial charge in [0.05, 0.1) is 6.42 Å². The fourth-order valence-electron chi connectivity index (χ4n) is 8.56. The van der Waals surface area contributed by atoms with Crippen molar-refractivity contribution in [2.24, 2.45) is 16.7 Å². The topological polar surface area (TPSA) is 55.8 Å². The van der Waals surface area contributed by atoms with Crippen molar-refractivity contribution in [1.82, 2.24) is 0 Å². The molecule has 1 heterocycles. The molecule has 41 heavy (non-hydrogen) atoms. The number of fused-ring (bicyclic) bond motifs is 3. The first-order chi connectivity index (χ1) is 19.3. The third kappa shape index (κ3) is 4.86. The Hall–Kier alpha value is -2.21. The van der Waals surface area contributed by atoms with Gasteiger partial charge in [-0.15, -0.1) is 0 Å². The minimum Gasteiger partial charge on any atom is -0.462 e. The van der Waals surface area contributed by atoms with E-state index >= 15 is 0 Å². The van der Waals surface area contributed by atoms with Gasteiger partial charge in [0.15, 0.2) is 0 Å². The molecular weight excluding hydrogens is 524 g/mol. The fraction of sp³-hybridized carbons (Fsp3) is 0.583. The van der Waals surface area contributed by atoms with Crippen LogP contribution in [0.15, 0.2) is 71.8 Å². The Bertz CT molecular complexity index is 1240. The van der Waals surface area contributed by atoms with Crippen molar-refractivity contribution in [3.05, 3.63) is 71.8 Å². The van der Waals surface area contributed by atoms with E-state index in [4.69, 9.17) is 9.16 Å². The molecule has 5 rings (SSSR count). The maximum atomic E-state index is 13.1. The molecule has 3 aliphatic rings. The SMILES string of the molecule is CC(C)C1=C2[C@](C)(CC1)CC[C@@]1(C)[C@@H](CCCO[Si](c3ccccc3)(c3ccccc3)C(C)(C)C)OC(=O)C[C@@]21O. The van der Waals surface area contributed by atoms with E-state index in [9.17, 15) is 9.90 Å². The zero-order valence-corrected chi connectivity index (χ0v) is 27.3. The van der Waals surface area contributed by atoms with Gasteiger partial charge in [-0.2, -0.15) is 0 Å². The van der Waals surface area contributed by atoms with Crippen molar-refractivity contribution >= 4 is 24.7 Å². The third-order valence-electron chi connectivity index (χ3n) is 10.9. The second-order valence-electron chi connectivity index (χ2n) is 14.7. The van der Waals surface area contributed by atoms with Crippen molar-refractivity contribution in [2.75, 3.05) is 6.61 Å². The number of hydrogen-bond donors (Lipinski definition) is 1. The molecule has 0 unspecified atom stereocenters. The summed E-state index contributed by atoms with van der Waals surface area (Å²) in [5.41, 5.74) is 0.859. The molecule has 0 radical (unpaired) electrons. The summed E-state index contributed by atoms with van der Waals surface area (Å²) in [6.45, 7) is 16.4. The van der Waals surface area contributed by atoms with E-state index in [2.05, 4.69) is 109 Å². The number of carbonyl (C=O) groups is 1. The van der Waals surface area contributed by atoms with Gasteiger partial charge >= 0.3 is 5.97 Å². The summed E-state index contributed by atoms with van der Waals surface area (Å²) in [7, 11) is -2.63. The smallest absolute Gasteiger partial charge is 0.309 e. The van der Waals surface area contributed by atoms with Crippen LogP contribution in [0.25, 0.3) is 0 Å². The molecule has 2 fully saturated rings. The highest BCUT2D eigenvalue weighted by atomic mass is 28.4. The minimum absolute atomic E-state index is 0.0254. The number of ether oxygens (including phenoxy) is 1. The predicted octanol–water partition coefficient (Wildman–Crippen LogP) is 6.94. The lowest BCUT2D eigenvalue weighted by Crippen LogP contribution is -2.66.